The fourth-order valence-electron chi connectivity index (χ4n) is 2.97. The molecular weight excluding hydrogens is 444 g/mol. The number of hydrogen-bond acceptors (Lipinski definition) is 9. The van der Waals surface area contributed by atoms with E-state index in [4.69, 9.17) is 16.0 Å². The molecule has 0 amide bonds. The van der Waals surface area contributed by atoms with Gasteiger partial charge in [-0.15, -0.1) is 0 Å². The first-order chi connectivity index (χ1) is 14.5. The third kappa shape index (κ3) is 4.04. The van der Waals surface area contributed by atoms with Gasteiger partial charge in [0.2, 0.25) is 26.0 Å². The summed E-state index contributed by atoms with van der Waals surface area (Å²) in [6.45, 7) is 0. The lowest BCUT2D eigenvalue weighted by Gasteiger charge is -2.25. The second kappa shape index (κ2) is 7.28. The van der Waals surface area contributed by atoms with Gasteiger partial charge in [0.15, 0.2) is 11.5 Å². The summed E-state index contributed by atoms with van der Waals surface area (Å²) in [6.07, 6.45) is 1.51. The molecule has 0 radical (unpaired) electrons. The Morgan fingerprint density at radius 3 is 1.71 bits per heavy atom. The number of rotatable bonds is 5. The summed E-state index contributed by atoms with van der Waals surface area (Å²) in [5.74, 6) is 0.307. The van der Waals surface area contributed by atoms with Crippen molar-refractivity contribution in [2.75, 3.05) is 10.6 Å². The smallest absolute Gasteiger partial charge is 0.238 e. The van der Waals surface area contributed by atoms with Crippen LogP contribution < -0.4 is 20.9 Å². The minimum Gasteiger partial charge on any atom is -0.368 e. The molecule has 2 aromatic heterocycles. The van der Waals surface area contributed by atoms with Crippen LogP contribution in [0.15, 0.2) is 64.5 Å². The van der Waals surface area contributed by atoms with Gasteiger partial charge in [-0.25, -0.2) is 27.1 Å². The Morgan fingerprint density at radius 2 is 1.26 bits per heavy atom. The maximum absolute atomic E-state index is 11.6. The van der Waals surface area contributed by atoms with Gasteiger partial charge >= 0.3 is 0 Å². The molecule has 0 aliphatic carbocycles. The van der Waals surface area contributed by atoms with Gasteiger partial charge in [-0.3, -0.25) is 10.00 Å². The van der Waals surface area contributed by atoms with Crippen molar-refractivity contribution in [2.45, 2.75) is 9.79 Å². The predicted molar refractivity (Wildman–Crippen MR) is 114 cm³/mol. The van der Waals surface area contributed by atoms with Crippen molar-refractivity contribution < 1.29 is 16.8 Å². The maximum atomic E-state index is 11.6. The van der Waals surface area contributed by atoms with Gasteiger partial charge in [-0.1, -0.05) is 0 Å². The molecule has 14 heteroatoms. The number of aromatic nitrogens is 4. The van der Waals surface area contributed by atoms with Gasteiger partial charge in [0, 0.05) is 11.4 Å². The number of sulfonamides is 2. The minimum absolute atomic E-state index is 0.0286. The SMILES string of the molecule is Nc1nc(N(c2ccc(S(N)(=O)=O)cc2)c2ccc(S(N)(=O)=O)cc2)c2cn[nH]c2n1. The number of nitrogens with one attached hydrogen (secondary N) is 1. The van der Waals surface area contributed by atoms with E-state index in [0.29, 0.717) is 28.2 Å². The van der Waals surface area contributed by atoms with Gasteiger partial charge in [0.1, 0.15) is 0 Å². The molecule has 0 spiro atoms. The van der Waals surface area contributed by atoms with Crippen LogP contribution in [0.5, 0.6) is 0 Å². The van der Waals surface area contributed by atoms with E-state index in [2.05, 4.69) is 20.2 Å². The first kappa shape index (κ1) is 20.7. The van der Waals surface area contributed by atoms with Crippen molar-refractivity contribution in [3.8, 4) is 0 Å². The summed E-state index contributed by atoms with van der Waals surface area (Å²) in [4.78, 5) is 9.89. The molecule has 0 bridgehead atoms. The van der Waals surface area contributed by atoms with Crippen LogP contribution in [0.4, 0.5) is 23.1 Å². The molecule has 0 aliphatic heterocycles. The maximum Gasteiger partial charge on any atom is 0.238 e. The van der Waals surface area contributed by atoms with Crippen molar-refractivity contribution in [3.05, 3.63) is 54.7 Å². The number of H-pyrrole nitrogens is 1. The van der Waals surface area contributed by atoms with Crippen molar-refractivity contribution in [3.63, 3.8) is 0 Å². The lowest BCUT2D eigenvalue weighted by Crippen LogP contribution is -2.16. The average Bonchev–Trinajstić information content (AvgIpc) is 3.16. The van der Waals surface area contributed by atoms with Crippen LogP contribution in [0.25, 0.3) is 11.0 Å². The van der Waals surface area contributed by atoms with Gasteiger partial charge in [0.25, 0.3) is 0 Å². The van der Waals surface area contributed by atoms with Crippen LogP contribution in [-0.4, -0.2) is 37.0 Å². The standard InChI is InChI=1S/C17H16N8O4S2/c18-17-22-15-14(9-21-24-15)16(23-17)25(10-1-5-12(6-2-10)30(19,26)27)11-3-7-13(8-4-11)31(20,28)29/h1-9H,(H2,19,26,27)(H2,20,28,29)(H3,18,21,22,23,24). The van der Waals surface area contributed by atoms with Crippen LogP contribution in [0.1, 0.15) is 0 Å². The van der Waals surface area contributed by atoms with Gasteiger partial charge in [0.05, 0.1) is 21.4 Å². The molecule has 0 fully saturated rings. The van der Waals surface area contributed by atoms with Gasteiger partial charge in [-0.2, -0.15) is 15.1 Å². The van der Waals surface area contributed by atoms with E-state index in [1.165, 1.54) is 54.7 Å². The van der Waals surface area contributed by atoms with E-state index in [-0.39, 0.29) is 15.7 Å². The number of nitrogens with two attached hydrogens (primary N) is 3. The molecular formula is C17H16N8O4S2. The lowest BCUT2D eigenvalue weighted by molar-refractivity contribution is 0.596. The number of aromatic amines is 1. The van der Waals surface area contributed by atoms with Crippen LogP contribution in [0, 0.1) is 0 Å². The molecule has 2 heterocycles. The summed E-state index contributed by atoms with van der Waals surface area (Å²) < 4.78 is 46.5. The molecule has 31 heavy (non-hydrogen) atoms. The monoisotopic (exact) mass is 460 g/mol. The van der Waals surface area contributed by atoms with Crippen molar-refractivity contribution in [1.29, 1.82) is 0 Å². The Bertz CT molecular complexity index is 1410. The van der Waals surface area contributed by atoms with E-state index in [1.54, 1.807) is 4.90 Å². The summed E-state index contributed by atoms with van der Waals surface area (Å²) in [7, 11) is -7.78. The Labute approximate surface area is 176 Å². The highest BCUT2D eigenvalue weighted by atomic mass is 32.2. The normalized spacial score (nSPS) is 12.2. The number of anilines is 4. The van der Waals surface area contributed by atoms with Crippen LogP contribution >= 0.6 is 0 Å². The summed E-state index contributed by atoms with van der Waals surface area (Å²) >= 11 is 0. The second-order valence-electron chi connectivity index (χ2n) is 6.45. The largest absolute Gasteiger partial charge is 0.368 e. The third-order valence-electron chi connectivity index (χ3n) is 4.37. The van der Waals surface area contributed by atoms with Crippen LogP contribution in [0.3, 0.4) is 0 Å². The highest BCUT2D eigenvalue weighted by molar-refractivity contribution is 7.89. The number of nitrogens with zero attached hydrogens (tertiary/aromatic N) is 4. The zero-order valence-corrected chi connectivity index (χ0v) is 17.3. The third-order valence-corrected chi connectivity index (χ3v) is 6.22. The molecule has 2 aromatic carbocycles. The quantitative estimate of drug-likeness (QED) is 0.330. The first-order valence-electron chi connectivity index (χ1n) is 8.56. The molecule has 0 saturated heterocycles. The zero-order valence-electron chi connectivity index (χ0n) is 15.7. The molecule has 12 nitrogen and oxygen atoms in total. The summed E-state index contributed by atoms with van der Waals surface area (Å²) in [5.41, 5.74) is 7.23. The minimum atomic E-state index is -3.89. The molecule has 0 saturated carbocycles. The van der Waals surface area contributed by atoms with E-state index in [1.807, 2.05) is 0 Å². The molecule has 4 aromatic rings. The van der Waals surface area contributed by atoms with E-state index >= 15 is 0 Å². The molecule has 0 aliphatic rings. The van der Waals surface area contributed by atoms with Crippen LogP contribution in [0.2, 0.25) is 0 Å². The van der Waals surface area contributed by atoms with Crippen molar-refractivity contribution in [1.82, 2.24) is 20.2 Å². The Hall–Kier alpha value is -3.59. The first-order valence-corrected chi connectivity index (χ1v) is 11.7. The van der Waals surface area contributed by atoms with Gasteiger partial charge < -0.3 is 5.73 Å². The summed E-state index contributed by atoms with van der Waals surface area (Å²) in [5, 5.41) is 17.6. The second-order valence-corrected chi connectivity index (χ2v) is 9.57. The predicted octanol–water partition coefficient (Wildman–Crippen LogP) is 0.700. The van der Waals surface area contributed by atoms with E-state index in [9.17, 15) is 16.8 Å². The van der Waals surface area contributed by atoms with E-state index in [0.717, 1.165) is 0 Å². The molecule has 160 valence electrons. The number of primary sulfonamides is 2. The van der Waals surface area contributed by atoms with Crippen molar-refractivity contribution in [2.24, 2.45) is 10.3 Å². The molecule has 0 unspecified atom stereocenters. The van der Waals surface area contributed by atoms with Gasteiger partial charge in [-0.05, 0) is 48.5 Å². The van der Waals surface area contributed by atoms with Crippen molar-refractivity contribution >= 4 is 54.2 Å². The topological polar surface area (TPSA) is 204 Å². The number of hydrogen-bond donors (Lipinski definition) is 4. The Morgan fingerprint density at radius 1 is 0.774 bits per heavy atom. The van der Waals surface area contributed by atoms with E-state index < -0.39 is 20.0 Å². The van der Waals surface area contributed by atoms with Crippen LogP contribution in [-0.2, 0) is 20.0 Å². The number of fused-ring (bicyclic) bond motifs is 1. The average molecular weight is 461 g/mol. The lowest BCUT2D eigenvalue weighted by atomic mass is 10.2. The molecule has 0 atom stereocenters. The zero-order chi connectivity index (χ0) is 22.4. The number of benzene rings is 2. The number of nitrogen functional groups attached to an aromatic ring is 1. The highest BCUT2D eigenvalue weighted by Crippen LogP contribution is 2.37. The molecule has 4 rings (SSSR count). The fourth-order valence-corrected chi connectivity index (χ4v) is 4.00. The Kier molecular flexibility index (Phi) is 4.85. The summed E-state index contributed by atoms with van der Waals surface area (Å²) in [6, 6.07) is 11.5. The highest BCUT2D eigenvalue weighted by Gasteiger charge is 2.21. The molecule has 7 N–H and O–H groups in total. The Balaban J connectivity index is 1.94. The fraction of sp³-hybridized carbons (Fsp3) is 0.